The van der Waals surface area contributed by atoms with Crippen LogP contribution in [0.4, 0.5) is 5.69 Å². The molecule has 1 aromatic carbocycles. The van der Waals surface area contributed by atoms with E-state index >= 15 is 0 Å². The summed E-state index contributed by atoms with van der Waals surface area (Å²) >= 11 is 0. The fourth-order valence-corrected chi connectivity index (χ4v) is 2.82. The number of nitro benzene ring substituents is 1. The van der Waals surface area contributed by atoms with Crippen LogP contribution in [0.3, 0.4) is 0 Å². The highest BCUT2D eigenvalue weighted by atomic mass is 32.2. The summed E-state index contributed by atoms with van der Waals surface area (Å²) in [7, 11) is -0.782. The quantitative estimate of drug-likeness (QED) is 0.532. The van der Waals surface area contributed by atoms with E-state index in [1.165, 1.54) is 19.2 Å². The molecule has 0 fully saturated rings. The number of hydrogen-bond acceptors (Lipinski definition) is 6. The third-order valence-electron chi connectivity index (χ3n) is 2.66. The second-order valence-electron chi connectivity index (χ2n) is 4.25. The fraction of sp³-hybridized carbons (Fsp3) is 0.455. The number of benzene rings is 1. The molecule has 0 saturated heterocycles. The normalized spacial score (nSPS) is 13.4. The first-order chi connectivity index (χ1) is 9.28. The van der Waals surface area contributed by atoms with Gasteiger partial charge in [-0.25, -0.2) is 8.42 Å². The lowest BCUT2D eigenvalue weighted by atomic mass is 10.3. The summed E-state index contributed by atoms with van der Waals surface area (Å²) in [5.74, 6) is 0. The number of nitrogens with zero attached hydrogens (tertiary/aromatic N) is 2. The Morgan fingerprint density at radius 3 is 2.40 bits per heavy atom. The summed E-state index contributed by atoms with van der Waals surface area (Å²) in [5, 5.41) is 22.8. The van der Waals surface area contributed by atoms with Crippen molar-refractivity contribution in [2.24, 2.45) is 0 Å². The van der Waals surface area contributed by atoms with Gasteiger partial charge in [-0.05, 0) is 19.2 Å². The minimum atomic E-state index is -3.77. The third kappa shape index (κ3) is 3.97. The Hall–Kier alpha value is -1.55. The topological polar surface area (TPSA) is 113 Å². The SMILES string of the molecule is CNCC(O)CN(C)S(=O)(=O)c1ccc([N+](=O)[O-])cc1. The number of non-ortho nitro benzene ring substituents is 1. The van der Waals surface area contributed by atoms with E-state index in [1.807, 2.05) is 0 Å². The highest BCUT2D eigenvalue weighted by Gasteiger charge is 2.23. The number of sulfonamides is 1. The number of aliphatic hydroxyl groups excluding tert-OH is 1. The molecule has 0 bridgehead atoms. The Morgan fingerprint density at radius 1 is 1.40 bits per heavy atom. The Bertz CT molecular complexity index is 558. The average Bonchev–Trinajstić information content (AvgIpc) is 2.38. The Labute approximate surface area is 117 Å². The molecule has 0 aliphatic rings. The van der Waals surface area contributed by atoms with Gasteiger partial charge in [-0.1, -0.05) is 0 Å². The van der Waals surface area contributed by atoms with Gasteiger partial charge in [0.25, 0.3) is 5.69 Å². The zero-order chi connectivity index (χ0) is 15.3. The maximum absolute atomic E-state index is 12.2. The van der Waals surface area contributed by atoms with Crippen LogP contribution in [0.5, 0.6) is 0 Å². The van der Waals surface area contributed by atoms with Crippen LogP contribution >= 0.6 is 0 Å². The zero-order valence-electron chi connectivity index (χ0n) is 11.2. The van der Waals surface area contributed by atoms with Gasteiger partial charge >= 0.3 is 0 Å². The number of likely N-dealkylation sites (N-methyl/N-ethyl adjacent to an activating group) is 2. The Balaban J connectivity index is 2.89. The molecule has 8 nitrogen and oxygen atoms in total. The second kappa shape index (κ2) is 6.75. The summed E-state index contributed by atoms with van der Waals surface area (Å²) in [6.07, 6.45) is -0.835. The highest BCUT2D eigenvalue weighted by Crippen LogP contribution is 2.18. The van der Waals surface area contributed by atoms with Crippen molar-refractivity contribution in [1.82, 2.24) is 9.62 Å². The number of nitro groups is 1. The van der Waals surface area contributed by atoms with Gasteiger partial charge in [-0.15, -0.1) is 0 Å². The second-order valence-corrected chi connectivity index (χ2v) is 6.29. The summed E-state index contributed by atoms with van der Waals surface area (Å²) in [6.45, 7) is 0.195. The maximum Gasteiger partial charge on any atom is 0.269 e. The van der Waals surface area contributed by atoms with Gasteiger partial charge in [0.2, 0.25) is 10.0 Å². The predicted octanol–water partition coefficient (Wildman–Crippen LogP) is -0.204. The summed E-state index contributed by atoms with van der Waals surface area (Å²) in [4.78, 5) is 9.86. The summed E-state index contributed by atoms with van der Waals surface area (Å²) < 4.78 is 25.4. The zero-order valence-corrected chi connectivity index (χ0v) is 12.0. The van der Waals surface area contributed by atoms with Gasteiger partial charge in [-0.2, -0.15) is 4.31 Å². The predicted molar refractivity (Wildman–Crippen MR) is 72.8 cm³/mol. The van der Waals surface area contributed by atoms with Crippen molar-refractivity contribution in [2.45, 2.75) is 11.0 Å². The number of rotatable bonds is 7. The first-order valence-corrected chi connectivity index (χ1v) is 7.26. The maximum atomic E-state index is 12.2. The number of aliphatic hydroxyl groups is 1. The molecule has 0 radical (unpaired) electrons. The van der Waals surface area contributed by atoms with E-state index in [9.17, 15) is 23.6 Å². The minimum Gasteiger partial charge on any atom is -0.390 e. The molecule has 2 N–H and O–H groups in total. The minimum absolute atomic E-state index is 0.0535. The lowest BCUT2D eigenvalue weighted by Crippen LogP contribution is -2.38. The molecule has 1 atom stereocenters. The summed E-state index contributed by atoms with van der Waals surface area (Å²) in [6, 6.07) is 4.61. The van der Waals surface area contributed by atoms with Gasteiger partial charge in [0.15, 0.2) is 0 Å². The molecule has 20 heavy (non-hydrogen) atoms. The van der Waals surface area contributed by atoms with Crippen LogP contribution < -0.4 is 5.32 Å². The van der Waals surface area contributed by atoms with E-state index in [0.717, 1.165) is 16.4 Å². The number of nitrogens with one attached hydrogen (secondary N) is 1. The van der Waals surface area contributed by atoms with Crippen molar-refractivity contribution >= 4 is 15.7 Å². The van der Waals surface area contributed by atoms with E-state index < -0.39 is 21.1 Å². The summed E-state index contributed by atoms with van der Waals surface area (Å²) in [5.41, 5.74) is -0.179. The fourth-order valence-electron chi connectivity index (χ4n) is 1.61. The van der Waals surface area contributed by atoms with E-state index in [1.54, 1.807) is 7.05 Å². The Kier molecular flexibility index (Phi) is 5.57. The van der Waals surface area contributed by atoms with Gasteiger partial charge in [0.1, 0.15) is 0 Å². The van der Waals surface area contributed by atoms with Crippen molar-refractivity contribution in [1.29, 1.82) is 0 Å². The van der Waals surface area contributed by atoms with Gasteiger partial charge in [-0.3, -0.25) is 10.1 Å². The lowest BCUT2D eigenvalue weighted by molar-refractivity contribution is -0.384. The molecule has 0 amide bonds. The van der Waals surface area contributed by atoms with Crippen LogP contribution in [-0.4, -0.2) is 56.0 Å². The first kappa shape index (κ1) is 16.5. The monoisotopic (exact) mass is 303 g/mol. The molecule has 9 heteroatoms. The van der Waals surface area contributed by atoms with Crippen molar-refractivity contribution in [3.8, 4) is 0 Å². The molecule has 0 aromatic heterocycles. The van der Waals surface area contributed by atoms with E-state index in [-0.39, 0.29) is 23.7 Å². The van der Waals surface area contributed by atoms with Gasteiger partial charge in [0.05, 0.1) is 15.9 Å². The molecule has 1 rings (SSSR count). The lowest BCUT2D eigenvalue weighted by Gasteiger charge is -2.20. The van der Waals surface area contributed by atoms with Crippen LogP contribution in [0.1, 0.15) is 0 Å². The third-order valence-corrected chi connectivity index (χ3v) is 4.50. The van der Waals surface area contributed by atoms with Crippen molar-refractivity contribution in [3.05, 3.63) is 34.4 Å². The molecule has 0 saturated carbocycles. The van der Waals surface area contributed by atoms with Crippen LogP contribution in [0.25, 0.3) is 0 Å². The smallest absolute Gasteiger partial charge is 0.269 e. The molecule has 1 unspecified atom stereocenters. The number of hydrogen-bond donors (Lipinski definition) is 2. The van der Waals surface area contributed by atoms with Crippen molar-refractivity contribution in [2.75, 3.05) is 27.2 Å². The average molecular weight is 303 g/mol. The highest BCUT2D eigenvalue weighted by molar-refractivity contribution is 7.89. The van der Waals surface area contributed by atoms with E-state index in [2.05, 4.69) is 5.32 Å². The molecular weight excluding hydrogens is 286 g/mol. The molecule has 0 aliphatic heterocycles. The van der Waals surface area contributed by atoms with Gasteiger partial charge in [0, 0.05) is 32.3 Å². The first-order valence-electron chi connectivity index (χ1n) is 5.82. The van der Waals surface area contributed by atoms with Crippen LogP contribution in [0, 0.1) is 10.1 Å². The standard InChI is InChI=1S/C11H17N3O5S/c1-12-7-10(15)8-13(2)20(18,19)11-5-3-9(4-6-11)14(16)17/h3-6,10,12,15H,7-8H2,1-2H3. The largest absolute Gasteiger partial charge is 0.390 e. The van der Waals surface area contributed by atoms with E-state index in [0.29, 0.717) is 0 Å². The molecule has 112 valence electrons. The molecular formula is C11H17N3O5S. The van der Waals surface area contributed by atoms with Crippen LogP contribution in [0.15, 0.2) is 29.2 Å². The van der Waals surface area contributed by atoms with Gasteiger partial charge < -0.3 is 10.4 Å². The van der Waals surface area contributed by atoms with Crippen molar-refractivity contribution < 1.29 is 18.4 Å². The van der Waals surface area contributed by atoms with Crippen LogP contribution in [-0.2, 0) is 10.0 Å². The Morgan fingerprint density at radius 2 is 1.95 bits per heavy atom. The van der Waals surface area contributed by atoms with E-state index in [4.69, 9.17) is 0 Å². The molecule has 0 aliphatic carbocycles. The molecule has 0 heterocycles. The van der Waals surface area contributed by atoms with Crippen molar-refractivity contribution in [3.63, 3.8) is 0 Å². The molecule has 0 spiro atoms. The molecule has 1 aromatic rings. The van der Waals surface area contributed by atoms with Crippen LogP contribution in [0.2, 0.25) is 0 Å².